The Labute approximate surface area is 170 Å². The van der Waals surface area contributed by atoms with Gasteiger partial charge in [-0.1, -0.05) is 26.0 Å². The quantitative estimate of drug-likeness (QED) is 0.371. The molecule has 1 amide bonds. The molecule has 9 heteroatoms. The van der Waals surface area contributed by atoms with Crippen molar-refractivity contribution in [2.24, 2.45) is 11.8 Å². The lowest BCUT2D eigenvalue weighted by Gasteiger charge is -2.44. The number of thioether (sulfide) groups is 1. The molecule has 28 heavy (non-hydrogen) atoms. The first-order valence-corrected chi connectivity index (χ1v) is 11.2. The molecule has 3 aliphatic rings. The van der Waals surface area contributed by atoms with E-state index in [1.807, 2.05) is 19.9 Å². The Morgan fingerprint density at radius 3 is 2.64 bits per heavy atom. The van der Waals surface area contributed by atoms with Gasteiger partial charge in [0.05, 0.1) is 18.8 Å². The summed E-state index contributed by atoms with van der Waals surface area (Å²) < 4.78 is 11.7. The zero-order valence-electron chi connectivity index (χ0n) is 16.5. The summed E-state index contributed by atoms with van der Waals surface area (Å²) in [5, 5.41) is 37.1. The largest absolute Gasteiger partial charge is 0.388 e. The Hall–Kier alpha value is -0.680. The summed E-state index contributed by atoms with van der Waals surface area (Å²) in [5.74, 6) is -0.00552. The van der Waals surface area contributed by atoms with E-state index in [0.717, 1.165) is 6.42 Å². The number of nitrogens with one attached hydrogen (secondary N) is 2. The van der Waals surface area contributed by atoms with Gasteiger partial charge in [0.15, 0.2) is 0 Å². The predicted octanol–water partition coefficient (Wildman–Crippen LogP) is -0.769. The van der Waals surface area contributed by atoms with E-state index in [1.165, 1.54) is 11.8 Å². The van der Waals surface area contributed by atoms with Gasteiger partial charge in [-0.2, -0.15) is 0 Å². The normalized spacial score (nSPS) is 42.1. The number of fused-ring (bicyclic) bond motifs is 1. The fourth-order valence-corrected chi connectivity index (χ4v) is 4.91. The molecule has 9 atom stereocenters. The molecule has 2 fully saturated rings. The molecule has 0 aliphatic carbocycles. The van der Waals surface area contributed by atoms with Gasteiger partial charge in [0.25, 0.3) is 0 Å². The van der Waals surface area contributed by atoms with Crippen LogP contribution in [0.4, 0.5) is 0 Å². The van der Waals surface area contributed by atoms with E-state index in [-0.39, 0.29) is 23.8 Å². The summed E-state index contributed by atoms with van der Waals surface area (Å²) in [7, 11) is 0. The Kier molecular flexibility index (Phi) is 7.41. The van der Waals surface area contributed by atoms with Crippen molar-refractivity contribution in [2.45, 2.75) is 68.3 Å². The maximum Gasteiger partial charge on any atom is 0.240 e. The fourth-order valence-electron chi connectivity index (χ4n) is 4.23. The van der Waals surface area contributed by atoms with E-state index in [4.69, 9.17) is 9.47 Å². The van der Waals surface area contributed by atoms with Gasteiger partial charge in [-0.15, -0.1) is 11.8 Å². The number of carbonyl (C=O) groups excluding carboxylic acids is 1. The maximum absolute atomic E-state index is 13.0. The molecule has 5 N–H and O–H groups in total. The van der Waals surface area contributed by atoms with Crippen molar-refractivity contribution in [1.29, 1.82) is 0 Å². The zero-order valence-corrected chi connectivity index (χ0v) is 17.3. The number of aliphatic hydroxyl groups is 3. The highest BCUT2D eigenvalue weighted by Crippen LogP contribution is 2.31. The van der Waals surface area contributed by atoms with Crippen LogP contribution < -0.4 is 10.6 Å². The van der Waals surface area contributed by atoms with Gasteiger partial charge in [-0.05, 0) is 18.6 Å². The number of amides is 1. The second-order valence-corrected chi connectivity index (χ2v) is 9.04. The minimum absolute atomic E-state index is 0.0533. The van der Waals surface area contributed by atoms with Gasteiger partial charge in [-0.25, -0.2) is 0 Å². The van der Waals surface area contributed by atoms with Gasteiger partial charge in [0, 0.05) is 12.5 Å². The highest BCUT2D eigenvalue weighted by atomic mass is 32.2. The average Bonchev–Trinajstić information content (AvgIpc) is 2.93. The van der Waals surface area contributed by atoms with Crippen molar-refractivity contribution in [1.82, 2.24) is 10.6 Å². The summed E-state index contributed by atoms with van der Waals surface area (Å²) >= 11 is 1.26. The molecule has 160 valence electrons. The minimum atomic E-state index is -1.33. The smallest absolute Gasteiger partial charge is 0.240 e. The number of hydrogen-bond donors (Lipinski definition) is 5. The first-order valence-electron chi connectivity index (χ1n) is 9.88. The van der Waals surface area contributed by atoms with Crippen LogP contribution in [0.5, 0.6) is 0 Å². The molecule has 0 aromatic heterocycles. The molecular formula is C19H32N2O6S. The lowest BCUT2D eigenvalue weighted by atomic mass is 9.88. The number of rotatable bonds is 5. The van der Waals surface area contributed by atoms with Crippen LogP contribution in [-0.2, 0) is 14.3 Å². The summed E-state index contributed by atoms with van der Waals surface area (Å²) in [6.45, 7) is 5.04. The summed E-state index contributed by atoms with van der Waals surface area (Å²) in [4.78, 5) is 13.0. The van der Waals surface area contributed by atoms with Crippen LogP contribution in [0.25, 0.3) is 0 Å². The van der Waals surface area contributed by atoms with Gasteiger partial charge in [-0.3, -0.25) is 4.79 Å². The molecule has 0 aromatic carbocycles. The van der Waals surface area contributed by atoms with Crippen molar-refractivity contribution in [2.75, 3.05) is 19.4 Å². The zero-order chi connectivity index (χ0) is 20.4. The lowest BCUT2D eigenvalue weighted by Crippen LogP contribution is -2.65. The molecule has 0 radical (unpaired) electrons. The highest BCUT2D eigenvalue weighted by Gasteiger charge is 2.48. The molecular weight excluding hydrogens is 384 g/mol. The van der Waals surface area contributed by atoms with Crippen LogP contribution in [0.3, 0.4) is 0 Å². The third kappa shape index (κ3) is 4.40. The Bertz CT molecular complexity index is 575. The van der Waals surface area contributed by atoms with Crippen molar-refractivity contribution >= 4 is 17.7 Å². The van der Waals surface area contributed by atoms with E-state index in [1.54, 1.807) is 6.26 Å². The molecule has 3 unspecified atom stereocenters. The number of allylic oxidation sites excluding steroid dienone is 1. The molecule has 0 bridgehead atoms. The summed E-state index contributed by atoms with van der Waals surface area (Å²) in [5.41, 5.74) is -0.674. The number of ether oxygens (including phenoxy) is 2. The Morgan fingerprint density at radius 2 is 1.96 bits per heavy atom. The van der Waals surface area contributed by atoms with Crippen molar-refractivity contribution in [3.63, 3.8) is 0 Å². The monoisotopic (exact) mass is 416 g/mol. The third-order valence-corrected chi connectivity index (χ3v) is 6.74. The van der Waals surface area contributed by atoms with E-state index in [0.29, 0.717) is 13.2 Å². The van der Waals surface area contributed by atoms with E-state index in [2.05, 4.69) is 16.7 Å². The van der Waals surface area contributed by atoms with Crippen molar-refractivity contribution in [3.05, 3.63) is 12.2 Å². The summed E-state index contributed by atoms with van der Waals surface area (Å²) in [6, 6.07) is -0.997. The van der Waals surface area contributed by atoms with Crippen LogP contribution in [0, 0.1) is 11.8 Å². The Balaban J connectivity index is 1.71. The van der Waals surface area contributed by atoms with Gasteiger partial charge < -0.3 is 35.4 Å². The topological polar surface area (TPSA) is 120 Å². The predicted molar refractivity (Wildman–Crippen MR) is 106 cm³/mol. The molecule has 3 rings (SSSR count). The van der Waals surface area contributed by atoms with Crippen molar-refractivity contribution < 1.29 is 29.6 Å². The number of hydrogen-bond acceptors (Lipinski definition) is 8. The first kappa shape index (κ1) is 22.0. The number of aliphatic hydroxyl groups excluding tert-OH is 3. The molecule has 3 heterocycles. The van der Waals surface area contributed by atoms with Crippen LogP contribution >= 0.6 is 11.8 Å². The fraction of sp³-hybridized carbons (Fsp3) is 0.842. The minimum Gasteiger partial charge on any atom is -0.388 e. The molecule has 0 saturated carbocycles. The van der Waals surface area contributed by atoms with Crippen LogP contribution in [0.2, 0.25) is 0 Å². The average molecular weight is 417 g/mol. The third-order valence-electron chi connectivity index (χ3n) is 5.89. The van der Waals surface area contributed by atoms with Crippen LogP contribution in [-0.4, -0.2) is 88.7 Å². The highest BCUT2D eigenvalue weighted by molar-refractivity contribution is 7.99. The SMILES string of the molecule is CSC1O[C@H]([C@H](NC(=O)[C@H]2NC[C@@H]3CC=CCO[C@@H]32)C(C)C)C(O)C(O)[C@H]1O. The van der Waals surface area contributed by atoms with E-state index in [9.17, 15) is 20.1 Å². The van der Waals surface area contributed by atoms with Crippen LogP contribution in [0.15, 0.2) is 12.2 Å². The lowest BCUT2D eigenvalue weighted by molar-refractivity contribution is -0.208. The molecule has 2 saturated heterocycles. The molecule has 8 nitrogen and oxygen atoms in total. The summed E-state index contributed by atoms with van der Waals surface area (Å²) in [6.07, 6.45) is 1.86. The standard InChI is InChI=1S/C19H32N2O6S/c1-9(2)11(17-14(23)13(22)15(24)19(27-17)28-3)21-18(25)12-16-10(8-20-12)6-4-5-7-26-16/h4-5,9-17,19-20,22-24H,6-8H2,1-3H3,(H,21,25)/t10-,11+,12-,13?,14?,15+,16-,17+,19?/m0/s1. The van der Waals surface area contributed by atoms with E-state index >= 15 is 0 Å². The maximum atomic E-state index is 13.0. The second-order valence-electron chi connectivity index (χ2n) is 8.11. The van der Waals surface area contributed by atoms with Crippen molar-refractivity contribution in [3.8, 4) is 0 Å². The molecule has 0 aromatic rings. The van der Waals surface area contributed by atoms with E-state index < -0.39 is 41.9 Å². The van der Waals surface area contributed by atoms with Gasteiger partial charge in [0.1, 0.15) is 35.9 Å². The first-order chi connectivity index (χ1) is 13.3. The van der Waals surface area contributed by atoms with Gasteiger partial charge in [0.2, 0.25) is 5.91 Å². The Morgan fingerprint density at radius 1 is 1.21 bits per heavy atom. The van der Waals surface area contributed by atoms with Gasteiger partial charge >= 0.3 is 0 Å². The molecule has 0 spiro atoms. The molecule has 3 aliphatic heterocycles. The van der Waals surface area contributed by atoms with Crippen LogP contribution in [0.1, 0.15) is 20.3 Å². The second kappa shape index (κ2) is 9.42. The number of carbonyl (C=O) groups is 1.